The Morgan fingerprint density at radius 1 is 1.16 bits per heavy atom. The Balaban J connectivity index is 1.88. The third-order valence-electron chi connectivity index (χ3n) is 2.94. The smallest absolute Gasteiger partial charge is 0.343 e. The molecular weight excluding hydrogens is 242 g/mol. The molecule has 19 heavy (non-hydrogen) atoms. The van der Waals surface area contributed by atoms with Gasteiger partial charge in [-0.25, -0.2) is 9.89 Å². The van der Waals surface area contributed by atoms with Crippen LogP contribution >= 0.6 is 0 Å². The maximum absolute atomic E-state index is 11.8. The third kappa shape index (κ3) is 2.49. The molecule has 0 fully saturated rings. The number of benzene rings is 1. The number of furan rings is 1. The maximum atomic E-state index is 11.8. The summed E-state index contributed by atoms with van der Waals surface area (Å²) in [5.74, 6) is 1.44. The fraction of sp³-hybridized carbons (Fsp3) is 0.143. The number of hydrogen-bond donors (Lipinski definition) is 1. The first-order valence-corrected chi connectivity index (χ1v) is 6.03. The lowest BCUT2D eigenvalue weighted by molar-refractivity contribution is 0.486. The Bertz CT molecular complexity index is 696. The topological polar surface area (TPSA) is 63.8 Å². The first-order valence-electron chi connectivity index (χ1n) is 6.03. The molecule has 96 valence electrons. The average Bonchev–Trinajstić information content (AvgIpc) is 3.05. The van der Waals surface area contributed by atoms with Crippen molar-refractivity contribution in [2.45, 2.75) is 13.0 Å². The fourth-order valence-electron chi connectivity index (χ4n) is 1.99. The number of aromatic nitrogens is 3. The zero-order chi connectivity index (χ0) is 13.1. The van der Waals surface area contributed by atoms with Gasteiger partial charge in [-0.1, -0.05) is 30.3 Å². The van der Waals surface area contributed by atoms with Gasteiger partial charge in [-0.2, -0.15) is 5.10 Å². The molecule has 0 aliphatic carbocycles. The molecule has 2 heterocycles. The predicted molar refractivity (Wildman–Crippen MR) is 69.9 cm³/mol. The van der Waals surface area contributed by atoms with Crippen LogP contribution < -0.4 is 5.69 Å². The van der Waals surface area contributed by atoms with Crippen LogP contribution in [0.5, 0.6) is 0 Å². The van der Waals surface area contributed by atoms with Crippen LogP contribution in [-0.4, -0.2) is 14.8 Å². The highest BCUT2D eigenvalue weighted by molar-refractivity contribution is 5.19. The van der Waals surface area contributed by atoms with Gasteiger partial charge in [0.05, 0.1) is 12.8 Å². The molecule has 0 unspecified atom stereocenters. The normalized spacial score (nSPS) is 10.7. The minimum absolute atomic E-state index is 0.220. The number of nitrogens with zero attached hydrogens (tertiary/aromatic N) is 2. The van der Waals surface area contributed by atoms with Crippen LogP contribution in [0.25, 0.3) is 0 Å². The van der Waals surface area contributed by atoms with Crippen LogP contribution in [0.2, 0.25) is 0 Å². The molecule has 0 aliphatic rings. The quantitative estimate of drug-likeness (QED) is 0.773. The molecule has 0 aliphatic heterocycles. The lowest BCUT2D eigenvalue weighted by Gasteiger charge is -2.03. The molecule has 0 saturated carbocycles. The minimum atomic E-state index is -0.220. The second-order valence-electron chi connectivity index (χ2n) is 4.27. The Labute approximate surface area is 109 Å². The van der Waals surface area contributed by atoms with Crippen molar-refractivity contribution >= 4 is 0 Å². The lowest BCUT2D eigenvalue weighted by Crippen LogP contribution is -2.19. The number of H-pyrrole nitrogens is 1. The Morgan fingerprint density at radius 3 is 2.74 bits per heavy atom. The predicted octanol–water partition coefficient (Wildman–Crippen LogP) is 1.80. The molecule has 0 bridgehead atoms. The van der Waals surface area contributed by atoms with Crippen LogP contribution in [-0.2, 0) is 13.0 Å². The first-order chi connectivity index (χ1) is 9.33. The van der Waals surface area contributed by atoms with Crippen molar-refractivity contribution < 1.29 is 4.42 Å². The summed E-state index contributed by atoms with van der Waals surface area (Å²) in [5, 5.41) is 6.56. The SMILES string of the molecule is O=c1[nH]nc(Cc2ccccc2)n1Cc1ccco1. The van der Waals surface area contributed by atoms with Crippen LogP contribution in [0.4, 0.5) is 0 Å². The van der Waals surface area contributed by atoms with Crippen molar-refractivity contribution in [1.82, 2.24) is 14.8 Å². The van der Waals surface area contributed by atoms with E-state index >= 15 is 0 Å². The van der Waals surface area contributed by atoms with E-state index in [1.54, 1.807) is 16.9 Å². The van der Waals surface area contributed by atoms with E-state index in [0.717, 1.165) is 11.3 Å². The van der Waals surface area contributed by atoms with Crippen molar-refractivity contribution in [3.05, 3.63) is 76.4 Å². The van der Waals surface area contributed by atoms with Gasteiger partial charge in [0, 0.05) is 6.42 Å². The van der Waals surface area contributed by atoms with Crippen LogP contribution in [0.1, 0.15) is 17.1 Å². The van der Waals surface area contributed by atoms with E-state index in [1.165, 1.54) is 0 Å². The van der Waals surface area contributed by atoms with Gasteiger partial charge in [0.1, 0.15) is 11.6 Å². The highest BCUT2D eigenvalue weighted by atomic mass is 16.3. The molecule has 1 N–H and O–H groups in total. The molecular formula is C14H13N3O2. The highest BCUT2D eigenvalue weighted by Crippen LogP contribution is 2.08. The standard InChI is InChI=1S/C14H13N3O2/c18-14-16-15-13(9-11-5-2-1-3-6-11)17(14)10-12-7-4-8-19-12/h1-8H,9-10H2,(H,16,18). The second kappa shape index (κ2) is 4.97. The third-order valence-corrected chi connectivity index (χ3v) is 2.94. The van der Waals surface area contributed by atoms with Crippen molar-refractivity contribution in [3.8, 4) is 0 Å². The molecule has 3 aromatic rings. The van der Waals surface area contributed by atoms with Crippen LogP contribution in [0.3, 0.4) is 0 Å². The molecule has 5 nitrogen and oxygen atoms in total. The summed E-state index contributed by atoms with van der Waals surface area (Å²) in [7, 11) is 0. The van der Waals surface area contributed by atoms with E-state index in [0.29, 0.717) is 18.8 Å². The maximum Gasteiger partial charge on any atom is 0.343 e. The van der Waals surface area contributed by atoms with Gasteiger partial charge >= 0.3 is 5.69 Å². The Hall–Kier alpha value is -2.56. The molecule has 3 rings (SSSR count). The molecule has 0 saturated heterocycles. The zero-order valence-electron chi connectivity index (χ0n) is 10.2. The molecule has 2 aromatic heterocycles. The molecule has 0 radical (unpaired) electrons. The van der Waals surface area contributed by atoms with Gasteiger partial charge in [-0.3, -0.25) is 4.57 Å². The minimum Gasteiger partial charge on any atom is -0.467 e. The summed E-state index contributed by atoms with van der Waals surface area (Å²) in [4.78, 5) is 11.8. The van der Waals surface area contributed by atoms with Gasteiger partial charge in [0.15, 0.2) is 0 Å². The summed E-state index contributed by atoms with van der Waals surface area (Å²) in [6, 6.07) is 13.6. The van der Waals surface area contributed by atoms with E-state index < -0.39 is 0 Å². The zero-order valence-corrected chi connectivity index (χ0v) is 10.2. The number of aromatic amines is 1. The number of hydrogen-bond acceptors (Lipinski definition) is 3. The van der Waals surface area contributed by atoms with Gasteiger partial charge < -0.3 is 4.42 Å². The van der Waals surface area contributed by atoms with E-state index in [2.05, 4.69) is 10.2 Å². The number of nitrogens with one attached hydrogen (secondary N) is 1. The Kier molecular flexibility index (Phi) is 3.02. The van der Waals surface area contributed by atoms with Gasteiger partial charge in [-0.05, 0) is 17.7 Å². The van der Waals surface area contributed by atoms with Gasteiger partial charge in [0.25, 0.3) is 0 Å². The number of rotatable bonds is 4. The Morgan fingerprint density at radius 2 is 2.00 bits per heavy atom. The second-order valence-corrected chi connectivity index (χ2v) is 4.27. The molecule has 5 heteroatoms. The summed E-state index contributed by atoms with van der Waals surface area (Å²) in [5.41, 5.74) is 0.893. The first kappa shape index (κ1) is 11.5. The largest absolute Gasteiger partial charge is 0.467 e. The highest BCUT2D eigenvalue weighted by Gasteiger charge is 2.10. The summed E-state index contributed by atoms with van der Waals surface area (Å²) in [6.45, 7) is 0.393. The fourth-order valence-corrected chi connectivity index (χ4v) is 1.99. The van der Waals surface area contributed by atoms with Crippen LogP contribution in [0, 0.1) is 0 Å². The molecule has 0 spiro atoms. The molecule has 1 aromatic carbocycles. The van der Waals surface area contributed by atoms with Crippen molar-refractivity contribution in [3.63, 3.8) is 0 Å². The van der Waals surface area contributed by atoms with E-state index in [1.807, 2.05) is 36.4 Å². The van der Waals surface area contributed by atoms with E-state index in [4.69, 9.17) is 4.42 Å². The summed E-state index contributed by atoms with van der Waals surface area (Å²) in [6.07, 6.45) is 2.21. The lowest BCUT2D eigenvalue weighted by atomic mass is 10.1. The summed E-state index contributed by atoms with van der Waals surface area (Å²) >= 11 is 0. The van der Waals surface area contributed by atoms with Crippen molar-refractivity contribution in [2.24, 2.45) is 0 Å². The average molecular weight is 255 g/mol. The van der Waals surface area contributed by atoms with E-state index in [-0.39, 0.29) is 5.69 Å². The molecule has 0 atom stereocenters. The molecule has 0 amide bonds. The van der Waals surface area contributed by atoms with Gasteiger partial charge in [0.2, 0.25) is 0 Å². The monoisotopic (exact) mass is 255 g/mol. The van der Waals surface area contributed by atoms with Crippen molar-refractivity contribution in [1.29, 1.82) is 0 Å². The summed E-state index contributed by atoms with van der Waals surface area (Å²) < 4.78 is 6.85. The van der Waals surface area contributed by atoms with Crippen LogP contribution in [0.15, 0.2) is 57.9 Å². The van der Waals surface area contributed by atoms with Gasteiger partial charge in [-0.15, -0.1) is 0 Å². The van der Waals surface area contributed by atoms with Crippen molar-refractivity contribution in [2.75, 3.05) is 0 Å². The van der Waals surface area contributed by atoms with E-state index in [9.17, 15) is 4.79 Å².